The van der Waals surface area contributed by atoms with Crippen LogP contribution in [-0.4, -0.2) is 54.8 Å². The van der Waals surface area contributed by atoms with Crippen LogP contribution in [0.25, 0.3) is 0 Å². The fraction of sp³-hybridized carbons (Fsp3) is 1.00. The standard InChI is InChI=1S/C30H66O3PSi.BrH/c1-7-10-13-16-19-22-26-34(27-23-20-17-14-11-8-2,28-24-21-18-15-12-9-3)29-25-30-35(31-4,32-5)33-6;/h7-30H2,1-6H3;1H/q+1;/p-1. The van der Waals surface area contributed by atoms with Gasteiger partial charge in [-0.2, -0.15) is 0 Å². The fourth-order valence-electron chi connectivity index (χ4n) is 5.54. The molecular weight excluding hydrogens is 547 g/mol. The summed E-state index contributed by atoms with van der Waals surface area (Å²) in [5, 5.41) is 0. The zero-order chi connectivity index (χ0) is 26.1. The van der Waals surface area contributed by atoms with Gasteiger partial charge in [0, 0.05) is 34.6 Å². The van der Waals surface area contributed by atoms with E-state index in [1.807, 2.05) is 0 Å². The molecule has 0 aliphatic rings. The van der Waals surface area contributed by atoms with Crippen molar-refractivity contribution in [1.29, 1.82) is 0 Å². The van der Waals surface area contributed by atoms with Crippen LogP contribution >= 0.6 is 7.26 Å². The normalized spacial score (nSPS) is 12.2. The molecule has 0 aromatic rings. The van der Waals surface area contributed by atoms with Crippen molar-refractivity contribution in [2.24, 2.45) is 0 Å². The monoisotopic (exact) mass is 612 g/mol. The Morgan fingerprint density at radius 3 is 1.00 bits per heavy atom. The Morgan fingerprint density at radius 2 is 0.694 bits per heavy atom. The number of halogens is 1. The van der Waals surface area contributed by atoms with Gasteiger partial charge < -0.3 is 30.3 Å². The molecule has 0 aliphatic heterocycles. The zero-order valence-electron chi connectivity index (χ0n) is 25.5. The van der Waals surface area contributed by atoms with Crippen LogP contribution < -0.4 is 17.0 Å². The molecule has 0 aromatic carbocycles. The first-order valence-corrected chi connectivity index (χ1v) is 20.0. The van der Waals surface area contributed by atoms with Crippen LogP contribution in [0.4, 0.5) is 0 Å². The van der Waals surface area contributed by atoms with E-state index in [1.165, 1.54) is 147 Å². The third-order valence-corrected chi connectivity index (χ3v) is 15.9. The van der Waals surface area contributed by atoms with Crippen molar-refractivity contribution in [3.05, 3.63) is 0 Å². The SMILES string of the molecule is CCCCCCCC[P+](CCCCCCCC)(CCCCCCCC)CCC[Si](OC)(OC)OC.[Br-]. The van der Waals surface area contributed by atoms with E-state index in [0.29, 0.717) is 0 Å². The summed E-state index contributed by atoms with van der Waals surface area (Å²) < 4.78 is 17.3. The first kappa shape index (κ1) is 39.2. The maximum absolute atomic E-state index is 5.77. The lowest BCUT2D eigenvalue weighted by Crippen LogP contribution is -3.00. The Hall–Kier alpha value is 1.01. The lowest BCUT2D eigenvalue weighted by atomic mass is 10.1. The molecule has 3 nitrogen and oxygen atoms in total. The lowest BCUT2D eigenvalue weighted by molar-refractivity contribution is -0.0000125. The first-order chi connectivity index (χ1) is 17.1. The lowest BCUT2D eigenvalue weighted by Gasteiger charge is -2.30. The van der Waals surface area contributed by atoms with Crippen molar-refractivity contribution in [3.63, 3.8) is 0 Å². The van der Waals surface area contributed by atoms with Gasteiger partial charge in [0.15, 0.2) is 0 Å². The summed E-state index contributed by atoms with van der Waals surface area (Å²) >= 11 is 0. The number of hydrogen-bond acceptors (Lipinski definition) is 3. The van der Waals surface area contributed by atoms with Gasteiger partial charge in [-0.15, -0.1) is 0 Å². The van der Waals surface area contributed by atoms with Gasteiger partial charge in [-0.3, -0.25) is 0 Å². The molecule has 0 rings (SSSR count). The van der Waals surface area contributed by atoms with Crippen LogP contribution in [0, 0.1) is 0 Å². The van der Waals surface area contributed by atoms with Crippen LogP contribution in [-0.2, 0) is 13.3 Å². The van der Waals surface area contributed by atoms with Gasteiger partial charge in [-0.25, -0.2) is 0 Å². The van der Waals surface area contributed by atoms with E-state index < -0.39 is 16.1 Å². The molecule has 0 fully saturated rings. The minimum Gasteiger partial charge on any atom is -1.00 e. The predicted octanol–water partition coefficient (Wildman–Crippen LogP) is 7.36. The third-order valence-electron chi connectivity index (χ3n) is 8.01. The van der Waals surface area contributed by atoms with Gasteiger partial charge in [0.2, 0.25) is 0 Å². The van der Waals surface area contributed by atoms with E-state index in [4.69, 9.17) is 13.3 Å². The molecule has 0 saturated carbocycles. The fourth-order valence-corrected chi connectivity index (χ4v) is 12.4. The van der Waals surface area contributed by atoms with Crippen molar-refractivity contribution in [2.45, 2.75) is 149 Å². The Kier molecular flexibility index (Phi) is 30.0. The van der Waals surface area contributed by atoms with Crippen LogP contribution in [0.1, 0.15) is 143 Å². The summed E-state index contributed by atoms with van der Waals surface area (Å²) in [6.45, 7) is 6.96. The van der Waals surface area contributed by atoms with Gasteiger partial charge in [0.25, 0.3) is 0 Å². The largest absolute Gasteiger partial charge is 1.00 e. The van der Waals surface area contributed by atoms with Crippen LogP contribution in [0.5, 0.6) is 0 Å². The second-order valence-electron chi connectivity index (χ2n) is 10.9. The Labute approximate surface area is 240 Å². The minimum atomic E-state index is -2.46. The highest BCUT2D eigenvalue weighted by atomic mass is 79.9. The molecule has 0 spiro atoms. The van der Waals surface area contributed by atoms with E-state index in [9.17, 15) is 0 Å². The summed E-state index contributed by atoms with van der Waals surface area (Å²) in [6.07, 6.45) is 32.8. The highest BCUT2D eigenvalue weighted by Crippen LogP contribution is 2.61. The number of unbranched alkanes of at least 4 members (excludes halogenated alkanes) is 15. The molecule has 220 valence electrons. The molecule has 0 aromatic heterocycles. The van der Waals surface area contributed by atoms with Gasteiger partial charge in [0.1, 0.15) is 0 Å². The van der Waals surface area contributed by atoms with Crippen molar-refractivity contribution in [1.82, 2.24) is 0 Å². The topological polar surface area (TPSA) is 27.7 Å². The number of hydrogen-bond donors (Lipinski definition) is 0. The maximum Gasteiger partial charge on any atom is 0.500 e. The number of rotatable bonds is 28. The predicted molar refractivity (Wildman–Crippen MR) is 163 cm³/mol. The smallest absolute Gasteiger partial charge is 0.500 e. The van der Waals surface area contributed by atoms with Gasteiger partial charge in [-0.1, -0.05) is 97.8 Å². The van der Waals surface area contributed by atoms with Crippen molar-refractivity contribution >= 4 is 16.1 Å². The summed E-state index contributed by atoms with van der Waals surface area (Å²) in [5.41, 5.74) is 0. The summed E-state index contributed by atoms with van der Waals surface area (Å²) in [6, 6.07) is 0.974. The van der Waals surface area contributed by atoms with Gasteiger partial charge in [0.05, 0.1) is 24.6 Å². The molecule has 0 saturated heterocycles. The van der Waals surface area contributed by atoms with E-state index >= 15 is 0 Å². The van der Waals surface area contributed by atoms with Gasteiger partial charge in [-0.05, 0) is 44.9 Å². The second-order valence-corrected chi connectivity index (χ2v) is 18.5. The molecule has 6 heteroatoms. The third kappa shape index (κ3) is 20.0. The van der Waals surface area contributed by atoms with Crippen molar-refractivity contribution in [2.75, 3.05) is 46.0 Å². The Balaban J connectivity index is 0. The Bertz CT molecular complexity index is 389. The van der Waals surface area contributed by atoms with Crippen molar-refractivity contribution in [3.8, 4) is 0 Å². The highest BCUT2D eigenvalue weighted by Gasteiger charge is 2.41. The van der Waals surface area contributed by atoms with Crippen LogP contribution in [0.2, 0.25) is 6.04 Å². The zero-order valence-corrected chi connectivity index (χ0v) is 29.0. The molecule has 0 atom stereocenters. The summed E-state index contributed by atoms with van der Waals surface area (Å²) in [5.74, 6) is 0. The van der Waals surface area contributed by atoms with E-state index in [1.54, 1.807) is 21.3 Å². The van der Waals surface area contributed by atoms with Crippen molar-refractivity contribution < 1.29 is 30.3 Å². The molecule has 0 N–H and O–H groups in total. The Morgan fingerprint density at radius 1 is 0.417 bits per heavy atom. The highest BCUT2D eigenvalue weighted by molar-refractivity contribution is 7.75. The average Bonchev–Trinajstić information content (AvgIpc) is 2.88. The molecule has 0 heterocycles. The molecule has 0 unspecified atom stereocenters. The molecular formula is C30H66BrO3PSi. The molecule has 0 bridgehead atoms. The average molecular weight is 614 g/mol. The molecule has 36 heavy (non-hydrogen) atoms. The summed E-state index contributed by atoms with van der Waals surface area (Å²) in [4.78, 5) is 0. The van der Waals surface area contributed by atoms with Crippen LogP contribution in [0.3, 0.4) is 0 Å². The molecule has 0 aliphatic carbocycles. The summed E-state index contributed by atoms with van der Waals surface area (Å²) in [7, 11) is 1.92. The molecule has 0 radical (unpaired) electrons. The van der Waals surface area contributed by atoms with E-state index in [2.05, 4.69) is 20.8 Å². The maximum atomic E-state index is 5.77. The van der Waals surface area contributed by atoms with Crippen LogP contribution in [0.15, 0.2) is 0 Å². The quantitative estimate of drug-likeness (QED) is 0.0525. The first-order valence-electron chi connectivity index (χ1n) is 15.6. The second kappa shape index (κ2) is 27.6. The van der Waals surface area contributed by atoms with Gasteiger partial charge >= 0.3 is 8.80 Å². The minimum absolute atomic E-state index is 0. The van der Waals surface area contributed by atoms with E-state index in [-0.39, 0.29) is 17.0 Å². The molecule has 0 amide bonds. The van der Waals surface area contributed by atoms with E-state index in [0.717, 1.165) is 6.04 Å².